The molecule has 0 spiro atoms. The Morgan fingerprint density at radius 1 is 0.963 bits per heavy atom. The fraction of sp³-hybridized carbons (Fsp3) is 0. The average Bonchev–Trinajstić information content (AvgIpc) is 2.70. The second-order valence-electron chi connectivity index (χ2n) is 5.51. The van der Waals surface area contributed by atoms with E-state index < -0.39 is 17.6 Å². The maximum absolute atomic E-state index is 13.7. The van der Waals surface area contributed by atoms with Crippen LogP contribution in [0.25, 0.3) is 0 Å². The second kappa shape index (κ2) is 7.89. The van der Waals surface area contributed by atoms with Crippen LogP contribution in [0.1, 0.15) is 26.4 Å². The van der Waals surface area contributed by atoms with Crippen LogP contribution < -0.4 is 10.6 Å². The van der Waals surface area contributed by atoms with E-state index in [1.165, 1.54) is 36.5 Å². The third-order valence-corrected chi connectivity index (χ3v) is 3.65. The van der Waals surface area contributed by atoms with Gasteiger partial charge in [-0.2, -0.15) is 5.26 Å². The molecular formula is C20H13FN4O2. The summed E-state index contributed by atoms with van der Waals surface area (Å²) in [6.07, 6.45) is 1.32. The highest BCUT2D eigenvalue weighted by Gasteiger charge is 2.13. The molecule has 2 aromatic carbocycles. The van der Waals surface area contributed by atoms with E-state index in [-0.39, 0.29) is 16.9 Å². The number of aromatic nitrogens is 1. The van der Waals surface area contributed by atoms with Crippen LogP contribution >= 0.6 is 0 Å². The minimum absolute atomic E-state index is 0.0225. The molecule has 0 atom stereocenters. The van der Waals surface area contributed by atoms with Gasteiger partial charge in [0.15, 0.2) is 0 Å². The number of hydrogen-bond donors (Lipinski definition) is 2. The Kier molecular flexibility index (Phi) is 5.19. The molecule has 2 amide bonds. The van der Waals surface area contributed by atoms with E-state index in [9.17, 15) is 14.0 Å². The fourth-order valence-electron chi connectivity index (χ4n) is 2.28. The van der Waals surface area contributed by atoms with Gasteiger partial charge in [-0.25, -0.2) is 4.39 Å². The highest BCUT2D eigenvalue weighted by atomic mass is 19.1. The van der Waals surface area contributed by atoms with Gasteiger partial charge in [-0.1, -0.05) is 12.1 Å². The van der Waals surface area contributed by atoms with Gasteiger partial charge in [-0.3, -0.25) is 14.6 Å². The lowest BCUT2D eigenvalue weighted by atomic mass is 10.2. The molecule has 3 aromatic rings. The maximum atomic E-state index is 13.7. The third kappa shape index (κ3) is 4.32. The molecule has 6 nitrogen and oxygen atoms in total. The summed E-state index contributed by atoms with van der Waals surface area (Å²) < 4.78 is 13.7. The van der Waals surface area contributed by atoms with Crippen molar-refractivity contribution in [1.82, 2.24) is 4.98 Å². The zero-order valence-corrected chi connectivity index (χ0v) is 13.9. The maximum Gasteiger partial charge on any atom is 0.274 e. The van der Waals surface area contributed by atoms with Crippen molar-refractivity contribution in [2.75, 3.05) is 10.6 Å². The van der Waals surface area contributed by atoms with E-state index in [1.54, 1.807) is 30.3 Å². The lowest BCUT2D eigenvalue weighted by Gasteiger charge is -2.08. The van der Waals surface area contributed by atoms with Crippen molar-refractivity contribution in [3.8, 4) is 6.07 Å². The smallest absolute Gasteiger partial charge is 0.274 e. The van der Waals surface area contributed by atoms with Crippen molar-refractivity contribution in [2.24, 2.45) is 0 Å². The molecule has 0 fully saturated rings. The minimum Gasteiger partial charge on any atom is -0.322 e. The lowest BCUT2D eigenvalue weighted by molar-refractivity contribution is 0.102. The normalized spacial score (nSPS) is 9.93. The van der Waals surface area contributed by atoms with Gasteiger partial charge in [-0.15, -0.1) is 0 Å². The number of amides is 2. The third-order valence-electron chi connectivity index (χ3n) is 3.65. The van der Waals surface area contributed by atoms with Crippen LogP contribution in [0.2, 0.25) is 0 Å². The molecule has 132 valence electrons. The average molecular weight is 360 g/mol. The molecular weight excluding hydrogens is 347 g/mol. The van der Waals surface area contributed by atoms with Crippen molar-refractivity contribution >= 4 is 23.2 Å². The fourth-order valence-corrected chi connectivity index (χ4v) is 2.28. The Balaban J connectivity index is 1.74. The Bertz CT molecular complexity index is 1040. The van der Waals surface area contributed by atoms with Crippen LogP contribution in [0.4, 0.5) is 15.8 Å². The summed E-state index contributed by atoms with van der Waals surface area (Å²) in [6.45, 7) is 0. The van der Waals surface area contributed by atoms with Crippen LogP contribution in [0.3, 0.4) is 0 Å². The minimum atomic E-state index is -0.631. The molecule has 1 aromatic heterocycles. The molecule has 27 heavy (non-hydrogen) atoms. The van der Waals surface area contributed by atoms with E-state index in [4.69, 9.17) is 5.26 Å². The summed E-state index contributed by atoms with van der Waals surface area (Å²) in [7, 11) is 0. The first-order chi connectivity index (χ1) is 13.1. The van der Waals surface area contributed by atoms with Crippen LogP contribution in [0.15, 0.2) is 66.9 Å². The van der Waals surface area contributed by atoms with Crippen molar-refractivity contribution in [2.45, 2.75) is 0 Å². The van der Waals surface area contributed by atoms with Crippen LogP contribution in [0.5, 0.6) is 0 Å². The molecule has 0 saturated carbocycles. The van der Waals surface area contributed by atoms with Gasteiger partial charge in [0.25, 0.3) is 11.8 Å². The van der Waals surface area contributed by atoms with Gasteiger partial charge in [0, 0.05) is 17.4 Å². The number of anilines is 2. The standard InChI is InChI=1S/C20H13FN4O2/c21-16-3-1-2-4-17(16)25-20(27)18-11-14(9-10-23-18)19(26)24-15-7-5-13(12-22)6-8-15/h1-11H,(H,24,26)(H,25,27). The number of nitrogens with one attached hydrogen (secondary N) is 2. The van der Waals surface area contributed by atoms with E-state index in [0.29, 0.717) is 11.3 Å². The Morgan fingerprint density at radius 3 is 2.41 bits per heavy atom. The number of halogens is 1. The Labute approximate surface area is 154 Å². The molecule has 7 heteroatoms. The molecule has 2 N–H and O–H groups in total. The largest absolute Gasteiger partial charge is 0.322 e. The van der Waals surface area contributed by atoms with Gasteiger partial charge in [-0.05, 0) is 48.5 Å². The van der Waals surface area contributed by atoms with Crippen molar-refractivity contribution in [1.29, 1.82) is 5.26 Å². The number of benzene rings is 2. The van der Waals surface area contributed by atoms with Crippen molar-refractivity contribution in [3.05, 3.63) is 89.5 Å². The molecule has 1 heterocycles. The van der Waals surface area contributed by atoms with Crippen LogP contribution in [-0.2, 0) is 0 Å². The van der Waals surface area contributed by atoms with E-state index in [1.807, 2.05) is 6.07 Å². The van der Waals surface area contributed by atoms with Crippen molar-refractivity contribution < 1.29 is 14.0 Å². The van der Waals surface area contributed by atoms with Crippen LogP contribution in [-0.4, -0.2) is 16.8 Å². The topological polar surface area (TPSA) is 94.9 Å². The number of nitrogens with zero attached hydrogens (tertiary/aromatic N) is 2. The highest BCUT2D eigenvalue weighted by Crippen LogP contribution is 2.15. The molecule has 0 unspecified atom stereocenters. The molecule has 3 rings (SSSR count). The summed E-state index contributed by atoms with van der Waals surface area (Å²) in [5.41, 5.74) is 1.20. The number of rotatable bonds is 4. The first kappa shape index (κ1) is 17.8. The van der Waals surface area contributed by atoms with Gasteiger partial charge in [0.1, 0.15) is 11.5 Å². The zero-order valence-electron chi connectivity index (χ0n) is 13.9. The quantitative estimate of drug-likeness (QED) is 0.743. The number of carbonyl (C=O) groups excluding carboxylic acids is 2. The summed E-state index contributed by atoms with van der Waals surface area (Å²) >= 11 is 0. The lowest BCUT2D eigenvalue weighted by Crippen LogP contribution is -2.17. The number of carbonyl (C=O) groups is 2. The number of para-hydroxylation sites is 1. The highest BCUT2D eigenvalue weighted by molar-refractivity contribution is 6.07. The molecule has 0 aliphatic heterocycles. The first-order valence-electron chi connectivity index (χ1n) is 7.90. The zero-order chi connectivity index (χ0) is 19.2. The summed E-state index contributed by atoms with van der Waals surface area (Å²) in [4.78, 5) is 28.6. The monoisotopic (exact) mass is 360 g/mol. The second-order valence-corrected chi connectivity index (χ2v) is 5.51. The predicted octanol–water partition coefficient (Wildman–Crippen LogP) is 3.60. The number of nitriles is 1. The first-order valence-corrected chi connectivity index (χ1v) is 7.90. The molecule has 0 aliphatic rings. The van der Waals surface area contributed by atoms with Gasteiger partial charge < -0.3 is 10.6 Å². The Morgan fingerprint density at radius 2 is 1.70 bits per heavy atom. The summed E-state index contributed by atoms with van der Waals surface area (Å²) in [5.74, 6) is -1.64. The Hall–Kier alpha value is -4.05. The van der Waals surface area contributed by atoms with Gasteiger partial charge in [0.05, 0.1) is 17.3 Å². The number of hydrogen-bond acceptors (Lipinski definition) is 4. The summed E-state index contributed by atoms with van der Waals surface area (Å²) in [5, 5.41) is 13.9. The molecule has 0 radical (unpaired) electrons. The predicted molar refractivity (Wildman–Crippen MR) is 97.7 cm³/mol. The molecule has 0 saturated heterocycles. The van der Waals surface area contributed by atoms with Gasteiger partial charge >= 0.3 is 0 Å². The molecule has 0 aliphatic carbocycles. The van der Waals surface area contributed by atoms with E-state index in [0.717, 1.165) is 0 Å². The SMILES string of the molecule is N#Cc1ccc(NC(=O)c2ccnc(C(=O)Nc3ccccc3F)c2)cc1. The number of pyridine rings is 1. The van der Waals surface area contributed by atoms with Crippen LogP contribution in [0, 0.1) is 17.1 Å². The summed E-state index contributed by atoms with van der Waals surface area (Å²) in [6, 6.07) is 16.9. The molecule has 0 bridgehead atoms. The van der Waals surface area contributed by atoms with Crippen molar-refractivity contribution in [3.63, 3.8) is 0 Å². The van der Waals surface area contributed by atoms with E-state index in [2.05, 4.69) is 15.6 Å². The van der Waals surface area contributed by atoms with Gasteiger partial charge in [0.2, 0.25) is 0 Å². The van der Waals surface area contributed by atoms with E-state index >= 15 is 0 Å².